The molecule has 61 heavy (non-hydrogen) atoms. The van der Waals surface area contributed by atoms with Crippen LogP contribution in [0, 0.1) is 0 Å². The molecule has 0 radical (unpaired) electrons. The van der Waals surface area contributed by atoms with Crippen molar-refractivity contribution in [2.75, 3.05) is 4.90 Å². The van der Waals surface area contributed by atoms with Crippen molar-refractivity contribution in [3.05, 3.63) is 259 Å². The van der Waals surface area contributed by atoms with Crippen molar-refractivity contribution < 1.29 is 0 Å². The van der Waals surface area contributed by atoms with Crippen molar-refractivity contribution in [2.45, 2.75) is 5.41 Å². The molecule has 0 fully saturated rings. The maximum absolute atomic E-state index is 2.48. The first-order valence-electron chi connectivity index (χ1n) is 21.0. The Labute approximate surface area is 360 Å². The molecule has 1 aliphatic carbocycles. The van der Waals surface area contributed by atoms with E-state index >= 15 is 0 Å². The SMILES string of the molecule is c1ccc(C2(c3ccccc3)c3ccccc3-c3c(N(c4ccc(-c5cccc6sc7ccccc7c56)cc4)c4cccc(-c5ccc6ccccc6c5)c4)cccc32)cc1. The summed E-state index contributed by atoms with van der Waals surface area (Å²) in [6.07, 6.45) is 0. The summed E-state index contributed by atoms with van der Waals surface area (Å²) >= 11 is 1.87. The second kappa shape index (κ2) is 14.3. The van der Waals surface area contributed by atoms with Gasteiger partial charge in [-0.15, -0.1) is 11.3 Å². The minimum Gasteiger partial charge on any atom is -0.310 e. The molecule has 0 saturated carbocycles. The van der Waals surface area contributed by atoms with Gasteiger partial charge in [0.25, 0.3) is 0 Å². The Kier molecular flexibility index (Phi) is 8.33. The lowest BCUT2D eigenvalue weighted by Crippen LogP contribution is -2.28. The van der Waals surface area contributed by atoms with E-state index in [4.69, 9.17) is 0 Å². The van der Waals surface area contributed by atoms with E-state index in [-0.39, 0.29) is 0 Å². The summed E-state index contributed by atoms with van der Waals surface area (Å²) in [6, 6.07) is 87.4. The average molecular weight is 794 g/mol. The van der Waals surface area contributed by atoms with Gasteiger partial charge in [0.2, 0.25) is 0 Å². The average Bonchev–Trinajstić information content (AvgIpc) is 3.87. The van der Waals surface area contributed by atoms with Crippen LogP contribution in [0.1, 0.15) is 22.3 Å². The topological polar surface area (TPSA) is 3.24 Å². The summed E-state index contributed by atoms with van der Waals surface area (Å²) < 4.78 is 2.63. The van der Waals surface area contributed by atoms with Crippen molar-refractivity contribution in [3.63, 3.8) is 0 Å². The smallest absolute Gasteiger partial charge is 0.0714 e. The monoisotopic (exact) mass is 793 g/mol. The van der Waals surface area contributed by atoms with Gasteiger partial charge in [-0.3, -0.25) is 0 Å². The summed E-state index contributed by atoms with van der Waals surface area (Å²) in [5, 5.41) is 5.12. The molecule has 0 N–H and O–H groups in total. The Hall–Kier alpha value is -7.52. The van der Waals surface area contributed by atoms with E-state index in [1.807, 2.05) is 11.3 Å². The maximum atomic E-state index is 2.48. The molecule has 0 spiro atoms. The molecule has 1 heterocycles. The second-order valence-corrected chi connectivity index (χ2v) is 17.1. The van der Waals surface area contributed by atoms with Gasteiger partial charge < -0.3 is 4.90 Å². The fourth-order valence-corrected chi connectivity index (χ4v) is 11.2. The molecule has 12 rings (SSSR count). The number of thiophene rings is 1. The van der Waals surface area contributed by atoms with Gasteiger partial charge in [-0.1, -0.05) is 188 Å². The van der Waals surface area contributed by atoms with Crippen LogP contribution >= 0.6 is 11.3 Å². The van der Waals surface area contributed by atoms with Crippen LogP contribution in [-0.4, -0.2) is 0 Å². The number of hydrogen-bond donors (Lipinski definition) is 0. The highest BCUT2D eigenvalue weighted by atomic mass is 32.1. The van der Waals surface area contributed by atoms with E-state index in [2.05, 4.69) is 241 Å². The van der Waals surface area contributed by atoms with Gasteiger partial charge in [0.05, 0.1) is 11.1 Å². The van der Waals surface area contributed by atoms with Crippen LogP contribution in [-0.2, 0) is 5.41 Å². The molecule has 0 unspecified atom stereocenters. The lowest BCUT2D eigenvalue weighted by Gasteiger charge is -2.34. The zero-order valence-corrected chi connectivity index (χ0v) is 34.2. The Morgan fingerprint density at radius 1 is 0.361 bits per heavy atom. The molecule has 0 saturated heterocycles. The molecular formula is C59H39NS. The van der Waals surface area contributed by atoms with Crippen LogP contribution in [0.2, 0.25) is 0 Å². The van der Waals surface area contributed by atoms with Crippen molar-refractivity contribution in [1.29, 1.82) is 0 Å². The standard InChI is InChI=1S/C59H39NS/c1-3-19-45(20-4-1)59(46-21-5-2-6-22-46)52-27-11-9-24-50(52)58-53(59)28-15-29-54(58)60(48-23-13-18-43(39-48)44-33-32-40-16-7-8-17-42(40)38-44)47-36-34-41(35-37-47)49-26-14-31-56-57(49)51-25-10-12-30-55(51)61-56/h1-39H. The Morgan fingerprint density at radius 3 is 1.79 bits per heavy atom. The van der Waals surface area contributed by atoms with Crippen molar-refractivity contribution in [1.82, 2.24) is 0 Å². The predicted molar refractivity (Wildman–Crippen MR) is 260 cm³/mol. The van der Waals surface area contributed by atoms with Gasteiger partial charge in [-0.05, 0) is 109 Å². The Bertz CT molecular complexity index is 3380. The number of fused-ring (bicyclic) bond motifs is 7. The molecule has 0 bridgehead atoms. The number of nitrogens with zero attached hydrogens (tertiary/aromatic N) is 1. The van der Waals surface area contributed by atoms with Crippen LogP contribution < -0.4 is 4.90 Å². The number of rotatable bonds is 7. The van der Waals surface area contributed by atoms with Crippen LogP contribution in [0.3, 0.4) is 0 Å². The van der Waals surface area contributed by atoms with Crippen molar-refractivity contribution in [3.8, 4) is 33.4 Å². The highest BCUT2D eigenvalue weighted by Gasteiger charge is 2.47. The van der Waals surface area contributed by atoms with Crippen LogP contribution in [0.15, 0.2) is 237 Å². The summed E-state index contributed by atoms with van der Waals surface area (Å²) in [5.41, 5.74) is 15.3. The van der Waals surface area contributed by atoms with Crippen LogP contribution in [0.25, 0.3) is 64.3 Å². The third kappa shape index (κ3) is 5.60. The van der Waals surface area contributed by atoms with Crippen molar-refractivity contribution >= 4 is 59.3 Å². The molecule has 1 nitrogen and oxygen atoms in total. The number of benzene rings is 10. The quantitative estimate of drug-likeness (QED) is 0.155. The first-order valence-corrected chi connectivity index (χ1v) is 21.8. The fourth-order valence-electron chi connectivity index (χ4n) is 10.1. The number of hydrogen-bond acceptors (Lipinski definition) is 2. The molecular weight excluding hydrogens is 755 g/mol. The third-order valence-corrected chi connectivity index (χ3v) is 13.9. The maximum Gasteiger partial charge on any atom is 0.0714 e. The van der Waals surface area contributed by atoms with Crippen LogP contribution in [0.4, 0.5) is 17.1 Å². The molecule has 11 aromatic rings. The highest BCUT2D eigenvalue weighted by Crippen LogP contribution is 2.59. The van der Waals surface area contributed by atoms with Gasteiger partial charge in [-0.25, -0.2) is 0 Å². The minimum absolute atomic E-state index is 0.505. The van der Waals surface area contributed by atoms with Gasteiger partial charge >= 0.3 is 0 Å². The first-order chi connectivity index (χ1) is 30.3. The van der Waals surface area contributed by atoms with E-state index in [9.17, 15) is 0 Å². The Morgan fingerprint density at radius 2 is 0.967 bits per heavy atom. The summed E-state index contributed by atoms with van der Waals surface area (Å²) in [7, 11) is 0. The second-order valence-electron chi connectivity index (χ2n) is 16.0. The molecule has 0 amide bonds. The summed E-state index contributed by atoms with van der Waals surface area (Å²) in [5.74, 6) is 0. The molecule has 0 atom stereocenters. The van der Waals surface area contributed by atoms with E-state index < -0.39 is 5.41 Å². The normalized spacial score (nSPS) is 12.7. The summed E-state index contributed by atoms with van der Waals surface area (Å²) in [4.78, 5) is 2.48. The van der Waals surface area contributed by atoms with E-state index in [1.165, 1.54) is 86.6 Å². The molecule has 1 aromatic heterocycles. The lowest BCUT2D eigenvalue weighted by molar-refractivity contribution is 0.768. The molecule has 1 aliphatic rings. The zero-order chi connectivity index (χ0) is 40.3. The van der Waals surface area contributed by atoms with Gasteiger partial charge in [0, 0.05) is 37.1 Å². The molecule has 286 valence electrons. The number of anilines is 3. The molecule has 2 heteroatoms. The highest BCUT2D eigenvalue weighted by molar-refractivity contribution is 7.25. The Balaban J connectivity index is 1.09. The predicted octanol–water partition coefficient (Wildman–Crippen LogP) is 16.4. The molecule has 0 aliphatic heterocycles. The lowest BCUT2D eigenvalue weighted by atomic mass is 9.68. The fraction of sp³-hybridized carbons (Fsp3) is 0.0169. The summed E-state index contributed by atoms with van der Waals surface area (Å²) in [6.45, 7) is 0. The zero-order valence-electron chi connectivity index (χ0n) is 33.4. The first kappa shape index (κ1) is 35.4. The van der Waals surface area contributed by atoms with Gasteiger partial charge in [0.15, 0.2) is 0 Å². The third-order valence-electron chi connectivity index (χ3n) is 12.7. The minimum atomic E-state index is -0.505. The van der Waals surface area contributed by atoms with E-state index in [0.717, 1.165) is 17.1 Å². The van der Waals surface area contributed by atoms with Crippen LogP contribution in [0.5, 0.6) is 0 Å². The molecule has 10 aromatic carbocycles. The largest absolute Gasteiger partial charge is 0.310 e. The van der Waals surface area contributed by atoms with E-state index in [0.29, 0.717) is 0 Å². The van der Waals surface area contributed by atoms with Gasteiger partial charge in [-0.2, -0.15) is 0 Å². The van der Waals surface area contributed by atoms with E-state index in [1.54, 1.807) is 0 Å². The van der Waals surface area contributed by atoms with Crippen molar-refractivity contribution in [2.24, 2.45) is 0 Å². The van der Waals surface area contributed by atoms with Gasteiger partial charge in [0.1, 0.15) is 0 Å².